The highest BCUT2D eigenvalue weighted by Gasteiger charge is 2.05. The number of hydrogen-bond acceptors (Lipinski definition) is 2. The number of guanidine groups is 1. The average Bonchev–Trinajstić information content (AvgIpc) is 2.41. The van der Waals surface area contributed by atoms with Crippen LogP contribution in [-0.4, -0.2) is 25.8 Å². The Morgan fingerprint density at radius 1 is 1.30 bits per heavy atom. The largest absolute Gasteiger partial charge is 0.356 e. The van der Waals surface area contributed by atoms with Crippen molar-refractivity contribution in [3.63, 3.8) is 0 Å². The zero-order valence-corrected chi connectivity index (χ0v) is 13.5. The van der Waals surface area contributed by atoms with Gasteiger partial charge in [-0.3, -0.25) is 4.99 Å². The van der Waals surface area contributed by atoms with E-state index in [2.05, 4.69) is 29.5 Å². The van der Waals surface area contributed by atoms with Crippen molar-refractivity contribution in [1.82, 2.24) is 10.6 Å². The van der Waals surface area contributed by atoms with Crippen molar-refractivity contribution in [3.8, 4) is 0 Å². The SMILES string of the molecule is CN=C(NCc1ccc(F)cc1CSC)NCC(C)C. The van der Waals surface area contributed by atoms with Gasteiger partial charge >= 0.3 is 0 Å². The van der Waals surface area contributed by atoms with E-state index in [-0.39, 0.29) is 5.82 Å². The fraction of sp³-hybridized carbons (Fsp3) is 0.533. The molecule has 0 radical (unpaired) electrons. The molecule has 0 aliphatic carbocycles. The molecule has 1 aromatic carbocycles. The van der Waals surface area contributed by atoms with Gasteiger partial charge in [0.1, 0.15) is 5.82 Å². The number of halogens is 1. The van der Waals surface area contributed by atoms with E-state index in [0.29, 0.717) is 12.5 Å². The Morgan fingerprint density at radius 2 is 2.05 bits per heavy atom. The van der Waals surface area contributed by atoms with Crippen molar-refractivity contribution in [3.05, 3.63) is 35.1 Å². The van der Waals surface area contributed by atoms with E-state index in [1.54, 1.807) is 24.9 Å². The van der Waals surface area contributed by atoms with Crippen LogP contribution in [0.5, 0.6) is 0 Å². The lowest BCUT2D eigenvalue weighted by Gasteiger charge is -2.15. The third-order valence-electron chi connectivity index (χ3n) is 2.82. The standard InChI is InChI=1S/C15H24FN3S/c1-11(2)8-18-15(17-3)19-9-12-5-6-14(16)7-13(12)10-20-4/h5-7,11H,8-10H2,1-4H3,(H2,17,18,19). The Labute approximate surface area is 125 Å². The summed E-state index contributed by atoms with van der Waals surface area (Å²) in [6.07, 6.45) is 2.02. The van der Waals surface area contributed by atoms with Crippen LogP contribution in [0.15, 0.2) is 23.2 Å². The number of benzene rings is 1. The molecule has 0 heterocycles. The molecule has 0 spiro atoms. The molecular formula is C15H24FN3S. The van der Waals surface area contributed by atoms with Gasteiger partial charge < -0.3 is 10.6 Å². The third-order valence-corrected chi connectivity index (χ3v) is 3.42. The summed E-state index contributed by atoms with van der Waals surface area (Å²) in [4.78, 5) is 4.18. The van der Waals surface area contributed by atoms with Gasteiger partial charge in [-0.15, -0.1) is 0 Å². The molecule has 0 saturated carbocycles. The number of nitrogens with one attached hydrogen (secondary N) is 2. The highest BCUT2D eigenvalue weighted by molar-refractivity contribution is 7.97. The summed E-state index contributed by atoms with van der Waals surface area (Å²) < 4.78 is 13.3. The van der Waals surface area contributed by atoms with Crippen LogP contribution in [0.4, 0.5) is 4.39 Å². The lowest BCUT2D eigenvalue weighted by Crippen LogP contribution is -2.38. The average molecular weight is 297 g/mol. The molecule has 20 heavy (non-hydrogen) atoms. The van der Waals surface area contributed by atoms with Gasteiger partial charge in [0, 0.05) is 25.9 Å². The molecular weight excluding hydrogens is 273 g/mol. The number of aliphatic imine (C=N–C) groups is 1. The Balaban J connectivity index is 2.63. The minimum Gasteiger partial charge on any atom is -0.356 e. The first-order valence-corrected chi connectivity index (χ1v) is 8.17. The van der Waals surface area contributed by atoms with Crippen LogP contribution in [0.1, 0.15) is 25.0 Å². The maximum absolute atomic E-state index is 13.3. The number of thioether (sulfide) groups is 1. The summed E-state index contributed by atoms with van der Waals surface area (Å²) in [7, 11) is 1.75. The summed E-state index contributed by atoms with van der Waals surface area (Å²) in [5, 5.41) is 6.53. The number of rotatable bonds is 6. The van der Waals surface area contributed by atoms with Gasteiger partial charge in [-0.25, -0.2) is 4.39 Å². The van der Waals surface area contributed by atoms with E-state index in [9.17, 15) is 4.39 Å². The van der Waals surface area contributed by atoms with Crippen molar-refractivity contribution in [2.24, 2.45) is 10.9 Å². The second-order valence-corrected chi connectivity index (χ2v) is 5.91. The van der Waals surface area contributed by atoms with E-state index < -0.39 is 0 Å². The maximum Gasteiger partial charge on any atom is 0.191 e. The zero-order chi connectivity index (χ0) is 15.0. The fourth-order valence-corrected chi connectivity index (χ4v) is 2.34. The smallest absolute Gasteiger partial charge is 0.191 e. The van der Waals surface area contributed by atoms with Gasteiger partial charge in [0.15, 0.2) is 5.96 Å². The van der Waals surface area contributed by atoms with Gasteiger partial charge in [-0.1, -0.05) is 19.9 Å². The lowest BCUT2D eigenvalue weighted by molar-refractivity contribution is 0.613. The first-order valence-electron chi connectivity index (χ1n) is 6.77. The number of hydrogen-bond donors (Lipinski definition) is 2. The van der Waals surface area contributed by atoms with Crippen LogP contribution in [0.25, 0.3) is 0 Å². The minimum atomic E-state index is -0.180. The quantitative estimate of drug-likeness (QED) is 0.626. The van der Waals surface area contributed by atoms with E-state index >= 15 is 0 Å². The van der Waals surface area contributed by atoms with Crippen molar-refractivity contribution in [1.29, 1.82) is 0 Å². The maximum atomic E-state index is 13.3. The highest BCUT2D eigenvalue weighted by atomic mass is 32.2. The molecule has 0 amide bonds. The molecule has 0 fully saturated rings. The van der Waals surface area contributed by atoms with Gasteiger partial charge in [0.2, 0.25) is 0 Å². The third kappa shape index (κ3) is 5.82. The Bertz CT molecular complexity index is 447. The fourth-order valence-electron chi connectivity index (χ4n) is 1.76. The second kappa shape index (κ2) is 8.84. The van der Waals surface area contributed by atoms with Gasteiger partial charge in [0.05, 0.1) is 0 Å². The molecule has 1 aromatic rings. The summed E-state index contributed by atoms with van der Waals surface area (Å²) in [5.74, 6) is 1.97. The van der Waals surface area contributed by atoms with Gasteiger partial charge in [-0.2, -0.15) is 11.8 Å². The molecule has 0 unspecified atom stereocenters. The van der Waals surface area contributed by atoms with Crippen molar-refractivity contribution in [2.75, 3.05) is 19.8 Å². The minimum absolute atomic E-state index is 0.180. The second-order valence-electron chi connectivity index (χ2n) is 5.05. The number of nitrogens with zero attached hydrogens (tertiary/aromatic N) is 1. The normalized spacial score (nSPS) is 11.8. The monoisotopic (exact) mass is 297 g/mol. The van der Waals surface area contributed by atoms with Crippen LogP contribution in [0, 0.1) is 11.7 Å². The lowest BCUT2D eigenvalue weighted by atomic mass is 10.1. The van der Waals surface area contributed by atoms with E-state index in [1.165, 1.54) is 6.07 Å². The Morgan fingerprint density at radius 3 is 2.65 bits per heavy atom. The molecule has 1 rings (SSSR count). The van der Waals surface area contributed by atoms with Crippen LogP contribution < -0.4 is 10.6 Å². The molecule has 0 aliphatic heterocycles. The molecule has 2 N–H and O–H groups in total. The van der Waals surface area contributed by atoms with Crippen LogP contribution >= 0.6 is 11.8 Å². The van der Waals surface area contributed by atoms with E-state index in [4.69, 9.17) is 0 Å². The molecule has 0 aliphatic rings. The topological polar surface area (TPSA) is 36.4 Å². The van der Waals surface area contributed by atoms with Crippen molar-refractivity contribution < 1.29 is 4.39 Å². The summed E-state index contributed by atoms with van der Waals surface area (Å²) in [6, 6.07) is 4.95. The summed E-state index contributed by atoms with van der Waals surface area (Å²) >= 11 is 1.69. The predicted octanol–water partition coefficient (Wildman–Crippen LogP) is 3.01. The van der Waals surface area contributed by atoms with Gasteiger partial charge in [0.25, 0.3) is 0 Å². The molecule has 0 bridgehead atoms. The highest BCUT2D eigenvalue weighted by Crippen LogP contribution is 2.16. The molecule has 0 saturated heterocycles. The van der Waals surface area contributed by atoms with E-state index in [0.717, 1.165) is 29.4 Å². The van der Waals surface area contributed by atoms with Crippen LogP contribution in [-0.2, 0) is 12.3 Å². The molecule has 3 nitrogen and oxygen atoms in total. The van der Waals surface area contributed by atoms with Crippen molar-refractivity contribution in [2.45, 2.75) is 26.1 Å². The first kappa shape index (κ1) is 16.8. The van der Waals surface area contributed by atoms with Crippen LogP contribution in [0.3, 0.4) is 0 Å². The summed E-state index contributed by atoms with van der Waals surface area (Å²) in [6.45, 7) is 5.82. The van der Waals surface area contributed by atoms with Crippen LogP contribution in [0.2, 0.25) is 0 Å². The van der Waals surface area contributed by atoms with Gasteiger partial charge in [-0.05, 0) is 35.4 Å². The summed E-state index contributed by atoms with van der Waals surface area (Å²) in [5.41, 5.74) is 2.14. The molecule has 112 valence electrons. The zero-order valence-electron chi connectivity index (χ0n) is 12.7. The van der Waals surface area contributed by atoms with Crippen molar-refractivity contribution >= 4 is 17.7 Å². The van der Waals surface area contributed by atoms with E-state index in [1.807, 2.05) is 12.3 Å². The Kier molecular flexibility index (Phi) is 7.44. The first-order chi connectivity index (χ1) is 9.56. The molecule has 0 atom stereocenters. The molecule has 5 heteroatoms. The molecule has 0 aromatic heterocycles. The predicted molar refractivity (Wildman–Crippen MR) is 86.7 cm³/mol. The Hall–Kier alpha value is -1.23.